The minimum Gasteiger partial charge on any atom is -0.422 e. The van der Waals surface area contributed by atoms with Crippen molar-refractivity contribution in [1.29, 1.82) is 5.26 Å². The predicted octanol–water partition coefficient (Wildman–Crippen LogP) is 4.14. The Kier molecular flexibility index (Phi) is 4.65. The second-order valence-electron chi connectivity index (χ2n) is 6.60. The van der Waals surface area contributed by atoms with Crippen LogP contribution in [0, 0.1) is 11.3 Å². The van der Waals surface area contributed by atoms with Crippen molar-refractivity contribution < 1.29 is 26.7 Å². The average Bonchev–Trinajstić information content (AvgIpc) is 3.12. The van der Waals surface area contributed by atoms with Crippen LogP contribution < -0.4 is 10.5 Å². The van der Waals surface area contributed by atoms with E-state index < -0.39 is 41.0 Å². The van der Waals surface area contributed by atoms with Gasteiger partial charge in [-0.2, -0.15) is 37.0 Å². The van der Waals surface area contributed by atoms with Crippen molar-refractivity contribution in [3.63, 3.8) is 0 Å². The predicted molar refractivity (Wildman–Crippen MR) is 97.0 cm³/mol. The highest BCUT2D eigenvalue weighted by Gasteiger charge is 2.63. The Morgan fingerprint density at radius 2 is 1.77 bits per heavy atom. The van der Waals surface area contributed by atoms with Gasteiger partial charge in [-0.15, -0.1) is 0 Å². The third kappa shape index (κ3) is 3.16. The second-order valence-corrected chi connectivity index (χ2v) is 6.60. The number of fused-ring (bicyclic) bond motifs is 1. The average molecular weight is 433 g/mol. The molecule has 11 heteroatoms. The number of hydrogen-bond acceptors (Lipinski definition) is 5. The number of para-hydroxylation sites is 1. The van der Waals surface area contributed by atoms with Crippen LogP contribution in [0.3, 0.4) is 0 Å². The molecule has 0 spiro atoms. The molecule has 0 saturated heterocycles. The molecular formula is C20H12F5N5O. The molecule has 2 N–H and O–H groups in total. The zero-order valence-electron chi connectivity index (χ0n) is 15.4. The Morgan fingerprint density at radius 1 is 1.06 bits per heavy atom. The van der Waals surface area contributed by atoms with Gasteiger partial charge in [0.1, 0.15) is 17.3 Å². The van der Waals surface area contributed by atoms with E-state index in [1.807, 2.05) is 0 Å². The monoisotopic (exact) mass is 433 g/mol. The molecule has 1 aliphatic rings. The Balaban J connectivity index is 2.09. The molecule has 31 heavy (non-hydrogen) atoms. The van der Waals surface area contributed by atoms with Crippen LogP contribution in [0.25, 0.3) is 5.69 Å². The summed E-state index contributed by atoms with van der Waals surface area (Å²) in [4.78, 5) is 3.88. The lowest BCUT2D eigenvalue weighted by atomic mass is 9.83. The first-order chi connectivity index (χ1) is 14.7. The molecule has 3 aromatic rings. The van der Waals surface area contributed by atoms with Crippen molar-refractivity contribution >= 4 is 0 Å². The second kappa shape index (κ2) is 7.09. The molecule has 0 unspecified atom stereocenters. The highest BCUT2D eigenvalue weighted by molar-refractivity contribution is 5.58. The molecule has 3 heterocycles. The van der Waals surface area contributed by atoms with E-state index in [0.29, 0.717) is 0 Å². The van der Waals surface area contributed by atoms with Crippen LogP contribution in [0.4, 0.5) is 22.0 Å². The topological polar surface area (TPSA) is 89.8 Å². The zero-order valence-corrected chi connectivity index (χ0v) is 15.4. The van der Waals surface area contributed by atoms with E-state index in [1.165, 1.54) is 36.7 Å². The van der Waals surface area contributed by atoms with Crippen molar-refractivity contribution in [2.75, 3.05) is 0 Å². The van der Waals surface area contributed by atoms with E-state index in [2.05, 4.69) is 10.1 Å². The van der Waals surface area contributed by atoms with Crippen molar-refractivity contribution in [3.8, 4) is 17.6 Å². The van der Waals surface area contributed by atoms with Crippen LogP contribution in [0.1, 0.15) is 22.7 Å². The van der Waals surface area contributed by atoms with Crippen LogP contribution >= 0.6 is 0 Å². The maximum atomic E-state index is 14.6. The largest absolute Gasteiger partial charge is 0.459 e. The van der Waals surface area contributed by atoms with Gasteiger partial charge in [0.2, 0.25) is 11.8 Å². The van der Waals surface area contributed by atoms with Gasteiger partial charge in [-0.3, -0.25) is 4.98 Å². The Hall–Kier alpha value is -3.94. The van der Waals surface area contributed by atoms with Gasteiger partial charge in [-0.05, 0) is 23.8 Å². The first kappa shape index (κ1) is 20.3. The smallest absolute Gasteiger partial charge is 0.422 e. The van der Waals surface area contributed by atoms with Crippen molar-refractivity contribution in [2.45, 2.75) is 18.0 Å². The molecule has 0 bridgehead atoms. The lowest BCUT2D eigenvalue weighted by Gasteiger charge is -2.26. The van der Waals surface area contributed by atoms with Crippen molar-refractivity contribution in [3.05, 3.63) is 83.1 Å². The molecule has 158 valence electrons. The van der Waals surface area contributed by atoms with E-state index in [-0.39, 0.29) is 16.8 Å². The lowest BCUT2D eigenvalue weighted by Crippen LogP contribution is -2.36. The Bertz CT molecular complexity index is 1200. The van der Waals surface area contributed by atoms with Gasteiger partial charge in [0, 0.05) is 12.4 Å². The van der Waals surface area contributed by atoms with E-state index in [1.54, 1.807) is 24.3 Å². The third-order valence-electron chi connectivity index (χ3n) is 4.72. The quantitative estimate of drug-likeness (QED) is 0.627. The zero-order chi connectivity index (χ0) is 22.4. The van der Waals surface area contributed by atoms with Gasteiger partial charge in [0.25, 0.3) is 0 Å². The summed E-state index contributed by atoms with van der Waals surface area (Å²) < 4.78 is 75.4. The number of pyridine rings is 1. The fourth-order valence-corrected chi connectivity index (χ4v) is 3.33. The Labute approximate surface area is 172 Å². The first-order valence-corrected chi connectivity index (χ1v) is 8.77. The van der Waals surface area contributed by atoms with Crippen LogP contribution in [-0.4, -0.2) is 20.9 Å². The first-order valence-electron chi connectivity index (χ1n) is 8.77. The summed E-state index contributed by atoms with van der Waals surface area (Å²) in [7, 11) is 0. The summed E-state index contributed by atoms with van der Waals surface area (Å²) >= 11 is 0. The highest BCUT2D eigenvalue weighted by Crippen LogP contribution is 2.52. The van der Waals surface area contributed by atoms with E-state index >= 15 is 0 Å². The molecule has 0 radical (unpaired) electrons. The number of nitriles is 1. The maximum Gasteiger partial charge on any atom is 0.459 e. The number of halogens is 5. The number of aromatic nitrogens is 3. The lowest BCUT2D eigenvalue weighted by molar-refractivity contribution is -0.291. The summed E-state index contributed by atoms with van der Waals surface area (Å²) in [5, 5.41) is 13.2. The van der Waals surface area contributed by atoms with Crippen molar-refractivity contribution in [2.24, 2.45) is 5.73 Å². The normalized spacial score (nSPS) is 16.5. The highest BCUT2D eigenvalue weighted by atomic mass is 19.4. The molecule has 0 amide bonds. The standard InChI is InChI=1S/C20H12F5N5O/c21-19(22,20(23,24)25)16-15-14(11-5-4-8-28-10-11)13(9-26)17(27)31-18(15)30(29-16)12-6-2-1-3-7-12/h1-8,10,14H,27H2/t14-/m1/s1. The number of alkyl halides is 5. The number of benzene rings is 1. The fraction of sp³-hybridized carbons (Fsp3) is 0.150. The Morgan fingerprint density at radius 3 is 2.35 bits per heavy atom. The number of rotatable bonds is 3. The molecule has 0 aliphatic carbocycles. The van der Waals surface area contributed by atoms with Gasteiger partial charge in [-0.25, -0.2) is 0 Å². The maximum absolute atomic E-state index is 14.6. The van der Waals surface area contributed by atoms with E-state index in [9.17, 15) is 27.2 Å². The van der Waals surface area contributed by atoms with Gasteiger partial charge in [0.15, 0.2) is 0 Å². The van der Waals surface area contributed by atoms with E-state index in [4.69, 9.17) is 10.5 Å². The summed E-state index contributed by atoms with van der Waals surface area (Å²) in [6.45, 7) is 0. The number of hydrogen-bond donors (Lipinski definition) is 1. The minimum absolute atomic E-state index is 0.168. The number of nitrogens with zero attached hydrogens (tertiary/aromatic N) is 4. The van der Waals surface area contributed by atoms with Crippen molar-refractivity contribution in [1.82, 2.24) is 14.8 Å². The van der Waals surface area contributed by atoms with Gasteiger partial charge in [0.05, 0.1) is 17.2 Å². The molecule has 6 nitrogen and oxygen atoms in total. The third-order valence-corrected chi connectivity index (χ3v) is 4.72. The van der Waals surface area contributed by atoms with Gasteiger partial charge in [-0.1, -0.05) is 24.3 Å². The summed E-state index contributed by atoms with van der Waals surface area (Å²) in [6, 6.07) is 12.3. The van der Waals surface area contributed by atoms with Gasteiger partial charge >= 0.3 is 12.1 Å². The summed E-state index contributed by atoms with van der Waals surface area (Å²) in [5.41, 5.74) is 3.68. The molecular weight excluding hydrogens is 421 g/mol. The fourth-order valence-electron chi connectivity index (χ4n) is 3.33. The molecule has 0 saturated carbocycles. The molecule has 1 aromatic carbocycles. The summed E-state index contributed by atoms with van der Waals surface area (Å²) in [6.07, 6.45) is -3.29. The van der Waals surface area contributed by atoms with Gasteiger partial charge < -0.3 is 10.5 Å². The molecule has 1 atom stereocenters. The number of allylic oxidation sites excluding steroid dienone is 1. The van der Waals surface area contributed by atoms with E-state index in [0.717, 1.165) is 4.68 Å². The summed E-state index contributed by atoms with van der Waals surface area (Å²) in [5.74, 6) is -7.57. The van der Waals surface area contributed by atoms with Crippen LogP contribution in [-0.2, 0) is 5.92 Å². The molecule has 0 fully saturated rings. The molecule has 1 aliphatic heterocycles. The van der Waals surface area contributed by atoms with Crippen LogP contribution in [0.2, 0.25) is 0 Å². The molecule has 2 aromatic heterocycles. The van der Waals surface area contributed by atoms with Crippen LogP contribution in [0.5, 0.6) is 5.88 Å². The SMILES string of the molecule is N#CC1=C(N)Oc2c(c(C(F)(F)C(F)(F)F)nn2-c2ccccc2)[C@@H]1c1cccnc1. The number of ether oxygens (including phenoxy) is 1. The molecule has 4 rings (SSSR count). The van der Waals surface area contributed by atoms with Crippen LogP contribution in [0.15, 0.2) is 66.3 Å². The number of nitrogens with two attached hydrogens (primary N) is 1. The minimum atomic E-state index is -5.93.